The van der Waals surface area contributed by atoms with Gasteiger partial charge >= 0.3 is 0 Å². The molecule has 0 aliphatic carbocycles. The molecule has 0 bridgehead atoms. The number of halogens is 1. The molecule has 0 aromatic carbocycles. The summed E-state index contributed by atoms with van der Waals surface area (Å²) in [7, 11) is 0. The van der Waals surface area contributed by atoms with Gasteiger partial charge in [-0.05, 0) is 26.3 Å². The number of carbonyl (C=O) groups is 1. The second-order valence-electron chi connectivity index (χ2n) is 4.11. The Bertz CT molecular complexity index is 393. The van der Waals surface area contributed by atoms with Gasteiger partial charge in [-0.15, -0.1) is 0 Å². The fourth-order valence-electron chi connectivity index (χ4n) is 1.28. The summed E-state index contributed by atoms with van der Waals surface area (Å²) in [5, 5.41) is 6.35. The Morgan fingerprint density at radius 2 is 2.24 bits per heavy atom. The fourth-order valence-corrected chi connectivity index (χ4v) is 1.51. The minimum atomic E-state index is -0.156. The van der Waals surface area contributed by atoms with E-state index in [9.17, 15) is 4.79 Å². The van der Waals surface area contributed by atoms with E-state index in [1.807, 2.05) is 13.8 Å². The molecule has 5 heteroatoms. The molecule has 4 nitrogen and oxygen atoms in total. The Morgan fingerprint density at radius 3 is 2.76 bits per heavy atom. The number of nitrogens with one attached hydrogen (secondary N) is 2. The van der Waals surface area contributed by atoms with E-state index in [1.165, 1.54) is 6.20 Å². The van der Waals surface area contributed by atoms with Crippen LogP contribution in [0.4, 0.5) is 5.82 Å². The van der Waals surface area contributed by atoms with Crippen LogP contribution in [0.15, 0.2) is 12.3 Å². The number of hydrogen-bond acceptors (Lipinski definition) is 3. The number of amides is 1. The third-order valence-corrected chi connectivity index (χ3v) is 2.35. The van der Waals surface area contributed by atoms with Gasteiger partial charge < -0.3 is 10.6 Å². The molecular weight excluding hydrogens is 238 g/mol. The van der Waals surface area contributed by atoms with Crippen LogP contribution in [0.3, 0.4) is 0 Å². The van der Waals surface area contributed by atoms with E-state index in [1.54, 1.807) is 6.07 Å². The van der Waals surface area contributed by atoms with Crippen molar-refractivity contribution in [2.24, 2.45) is 0 Å². The predicted molar refractivity (Wildman–Crippen MR) is 70.6 cm³/mol. The first-order chi connectivity index (χ1) is 8.04. The van der Waals surface area contributed by atoms with Crippen LogP contribution in [0, 0.1) is 0 Å². The largest absolute Gasteiger partial charge is 0.369 e. The second-order valence-corrected chi connectivity index (χ2v) is 4.52. The van der Waals surface area contributed by atoms with E-state index in [2.05, 4.69) is 22.5 Å². The van der Waals surface area contributed by atoms with Crippen molar-refractivity contribution in [1.29, 1.82) is 0 Å². The van der Waals surface area contributed by atoms with Crippen molar-refractivity contribution in [3.63, 3.8) is 0 Å². The molecule has 0 spiro atoms. The van der Waals surface area contributed by atoms with Gasteiger partial charge in [0.2, 0.25) is 0 Å². The molecule has 94 valence electrons. The molecule has 1 rings (SSSR count). The first kappa shape index (κ1) is 13.8. The molecule has 0 aliphatic heterocycles. The number of pyridine rings is 1. The van der Waals surface area contributed by atoms with Crippen LogP contribution < -0.4 is 10.6 Å². The average Bonchev–Trinajstić information content (AvgIpc) is 2.26. The van der Waals surface area contributed by atoms with Gasteiger partial charge in [0.1, 0.15) is 5.82 Å². The van der Waals surface area contributed by atoms with Gasteiger partial charge in [0, 0.05) is 18.8 Å². The first-order valence-corrected chi connectivity index (χ1v) is 6.12. The summed E-state index contributed by atoms with van der Waals surface area (Å²) in [5.74, 6) is 0.464. The Labute approximate surface area is 107 Å². The Kier molecular flexibility index (Phi) is 5.22. The van der Waals surface area contributed by atoms with Crippen LogP contribution in [0.25, 0.3) is 0 Å². The minimum Gasteiger partial charge on any atom is -0.369 e. The van der Waals surface area contributed by atoms with E-state index in [-0.39, 0.29) is 11.9 Å². The van der Waals surface area contributed by atoms with E-state index in [0.29, 0.717) is 16.4 Å². The summed E-state index contributed by atoms with van der Waals surface area (Å²) in [6.07, 6.45) is 2.52. The zero-order chi connectivity index (χ0) is 12.8. The fraction of sp³-hybridized carbons (Fsp3) is 0.500. The molecule has 17 heavy (non-hydrogen) atoms. The van der Waals surface area contributed by atoms with Crippen LogP contribution in [0.2, 0.25) is 5.02 Å². The normalized spacial score (nSPS) is 10.4. The number of anilines is 1. The SMILES string of the molecule is CCCNc1ncc(C(=O)NC(C)C)cc1Cl. The molecule has 0 aliphatic rings. The molecule has 1 aromatic heterocycles. The monoisotopic (exact) mass is 255 g/mol. The topological polar surface area (TPSA) is 54.0 Å². The van der Waals surface area contributed by atoms with Crippen molar-refractivity contribution in [3.05, 3.63) is 22.8 Å². The van der Waals surface area contributed by atoms with Crippen molar-refractivity contribution in [1.82, 2.24) is 10.3 Å². The van der Waals surface area contributed by atoms with E-state index in [4.69, 9.17) is 11.6 Å². The zero-order valence-electron chi connectivity index (χ0n) is 10.4. The summed E-state index contributed by atoms with van der Waals surface area (Å²) < 4.78 is 0. The molecule has 1 heterocycles. The van der Waals surface area contributed by atoms with Gasteiger partial charge in [-0.1, -0.05) is 18.5 Å². The highest BCUT2D eigenvalue weighted by molar-refractivity contribution is 6.33. The smallest absolute Gasteiger partial charge is 0.253 e. The number of aromatic nitrogens is 1. The number of rotatable bonds is 5. The highest BCUT2D eigenvalue weighted by Gasteiger charge is 2.10. The molecule has 0 fully saturated rings. The quantitative estimate of drug-likeness (QED) is 0.851. The molecule has 1 aromatic rings. The van der Waals surface area contributed by atoms with Crippen LogP contribution in [-0.2, 0) is 0 Å². The van der Waals surface area contributed by atoms with E-state index in [0.717, 1.165) is 13.0 Å². The summed E-state index contributed by atoms with van der Waals surface area (Å²) in [4.78, 5) is 15.8. The third kappa shape index (κ3) is 4.23. The molecule has 2 N–H and O–H groups in total. The van der Waals surface area contributed by atoms with Gasteiger partial charge in [-0.3, -0.25) is 4.79 Å². The molecule has 0 atom stereocenters. The molecule has 0 radical (unpaired) electrons. The summed E-state index contributed by atoms with van der Waals surface area (Å²) in [6.45, 7) is 6.68. The lowest BCUT2D eigenvalue weighted by Gasteiger charge is -2.10. The zero-order valence-corrected chi connectivity index (χ0v) is 11.1. The Balaban J connectivity index is 2.77. The predicted octanol–water partition coefficient (Wildman–Crippen LogP) is 2.70. The maximum Gasteiger partial charge on any atom is 0.253 e. The van der Waals surface area contributed by atoms with Crippen molar-refractivity contribution >= 4 is 23.3 Å². The maximum absolute atomic E-state index is 11.7. The van der Waals surface area contributed by atoms with Crippen molar-refractivity contribution < 1.29 is 4.79 Å². The number of nitrogens with zero attached hydrogens (tertiary/aromatic N) is 1. The van der Waals surface area contributed by atoms with Gasteiger partial charge in [-0.25, -0.2) is 4.98 Å². The van der Waals surface area contributed by atoms with Crippen molar-refractivity contribution in [2.45, 2.75) is 33.2 Å². The average molecular weight is 256 g/mol. The molecule has 0 saturated carbocycles. The van der Waals surface area contributed by atoms with Gasteiger partial charge in [-0.2, -0.15) is 0 Å². The lowest BCUT2D eigenvalue weighted by Crippen LogP contribution is -2.30. The molecule has 0 saturated heterocycles. The minimum absolute atomic E-state index is 0.0965. The Morgan fingerprint density at radius 1 is 1.53 bits per heavy atom. The van der Waals surface area contributed by atoms with Crippen molar-refractivity contribution in [2.75, 3.05) is 11.9 Å². The summed E-state index contributed by atoms with van der Waals surface area (Å²) >= 11 is 6.04. The number of carbonyl (C=O) groups excluding carboxylic acids is 1. The summed E-state index contributed by atoms with van der Waals surface area (Å²) in [5.41, 5.74) is 0.478. The van der Waals surface area contributed by atoms with Gasteiger partial charge in [0.15, 0.2) is 0 Å². The van der Waals surface area contributed by atoms with Gasteiger partial charge in [0.25, 0.3) is 5.91 Å². The highest BCUT2D eigenvalue weighted by Crippen LogP contribution is 2.20. The van der Waals surface area contributed by atoms with Crippen molar-refractivity contribution in [3.8, 4) is 0 Å². The van der Waals surface area contributed by atoms with E-state index >= 15 is 0 Å². The summed E-state index contributed by atoms with van der Waals surface area (Å²) in [6, 6.07) is 1.73. The van der Waals surface area contributed by atoms with Gasteiger partial charge in [0.05, 0.1) is 10.6 Å². The highest BCUT2D eigenvalue weighted by atomic mass is 35.5. The molecule has 1 amide bonds. The van der Waals surface area contributed by atoms with Crippen LogP contribution in [0.5, 0.6) is 0 Å². The van der Waals surface area contributed by atoms with E-state index < -0.39 is 0 Å². The molecular formula is C12H18ClN3O. The van der Waals surface area contributed by atoms with Crippen LogP contribution in [0.1, 0.15) is 37.6 Å². The lowest BCUT2D eigenvalue weighted by molar-refractivity contribution is 0.0943. The first-order valence-electron chi connectivity index (χ1n) is 5.74. The third-order valence-electron chi connectivity index (χ3n) is 2.07. The maximum atomic E-state index is 11.7. The van der Waals surface area contributed by atoms with Crippen LogP contribution >= 0.6 is 11.6 Å². The number of hydrogen-bond donors (Lipinski definition) is 2. The standard InChI is InChI=1S/C12H18ClN3O/c1-4-5-14-11-10(13)6-9(7-15-11)12(17)16-8(2)3/h6-8H,4-5H2,1-3H3,(H,14,15)(H,16,17). The molecule has 0 unspecified atom stereocenters. The van der Waals surface area contributed by atoms with Crippen LogP contribution in [-0.4, -0.2) is 23.5 Å². The Hall–Kier alpha value is -1.29. The second kappa shape index (κ2) is 6.45. The lowest BCUT2D eigenvalue weighted by atomic mass is 10.2.